The highest BCUT2D eigenvalue weighted by atomic mass is 16.5. The van der Waals surface area contributed by atoms with E-state index in [1.165, 1.54) is 0 Å². The Morgan fingerprint density at radius 3 is 1.80 bits per heavy atom. The van der Waals surface area contributed by atoms with E-state index in [0.29, 0.717) is 23.9 Å². The molecule has 1 aromatic carbocycles. The lowest BCUT2D eigenvalue weighted by Gasteiger charge is -2.15. The highest BCUT2D eigenvalue weighted by Gasteiger charge is 2.13. The molecule has 4 nitrogen and oxygen atoms in total. The summed E-state index contributed by atoms with van der Waals surface area (Å²) in [6, 6.07) is 3.81. The van der Waals surface area contributed by atoms with Crippen molar-refractivity contribution in [1.82, 2.24) is 0 Å². The molecule has 0 spiro atoms. The molecule has 0 saturated heterocycles. The quantitative estimate of drug-likeness (QED) is 0.749. The fourth-order valence-corrected chi connectivity index (χ4v) is 1.58. The summed E-state index contributed by atoms with van der Waals surface area (Å²) in [4.78, 5) is 0. The van der Waals surface area contributed by atoms with Crippen LogP contribution in [0.1, 0.15) is 40.7 Å². The minimum Gasteiger partial charge on any atom is -0.493 e. The van der Waals surface area contributed by atoms with Crippen molar-refractivity contribution in [1.29, 1.82) is 0 Å². The number of benzene rings is 1. The van der Waals surface area contributed by atoms with Crippen molar-refractivity contribution in [2.75, 3.05) is 21.3 Å². The largest absolute Gasteiger partial charge is 0.493 e. The van der Waals surface area contributed by atoms with Crippen molar-refractivity contribution >= 4 is 0 Å². The van der Waals surface area contributed by atoms with Crippen LogP contribution in [-0.4, -0.2) is 27.4 Å². The fraction of sp³-hybridized carbons (Fsp3) is 0.625. The fourth-order valence-electron chi connectivity index (χ4n) is 1.58. The lowest BCUT2D eigenvalue weighted by molar-refractivity contribution is 0.0506. The average Bonchev–Trinajstić information content (AvgIpc) is 2.43. The van der Waals surface area contributed by atoms with E-state index in [9.17, 15) is 0 Å². The summed E-state index contributed by atoms with van der Waals surface area (Å²) in [6.45, 7) is 4.68. The zero-order valence-corrected chi connectivity index (χ0v) is 11.8. The first-order valence-corrected chi connectivity index (χ1v) is 6.06. The minimum absolute atomic E-state index is 0. The topological polar surface area (TPSA) is 36.9 Å². The van der Waals surface area contributed by atoms with Crippen LogP contribution in [0.25, 0.3) is 0 Å². The predicted octanol–water partition coefficient (Wildman–Crippen LogP) is 4.30. The molecule has 1 aromatic rings. The van der Waals surface area contributed by atoms with Crippen LogP contribution < -0.4 is 14.2 Å². The first-order chi connectivity index (χ1) is 8.65. The van der Waals surface area contributed by atoms with Crippen molar-refractivity contribution < 1.29 is 18.9 Å². The van der Waals surface area contributed by atoms with E-state index in [1.54, 1.807) is 21.3 Å². The Morgan fingerprint density at radius 2 is 1.45 bits per heavy atom. The van der Waals surface area contributed by atoms with Gasteiger partial charge < -0.3 is 18.9 Å². The van der Waals surface area contributed by atoms with E-state index in [4.69, 9.17) is 18.9 Å². The van der Waals surface area contributed by atoms with Crippen molar-refractivity contribution in [3.8, 4) is 17.2 Å². The van der Waals surface area contributed by atoms with Crippen LogP contribution in [-0.2, 0) is 11.3 Å². The molecule has 0 bridgehead atoms. The zero-order chi connectivity index (χ0) is 13.5. The molecule has 0 fully saturated rings. The number of methoxy groups -OCH3 is 3. The maximum atomic E-state index is 5.70. The number of rotatable bonds is 7. The monoisotopic (exact) mass is 286 g/mol. The van der Waals surface area contributed by atoms with E-state index in [1.807, 2.05) is 12.1 Å². The molecule has 20 heavy (non-hydrogen) atoms. The smallest absolute Gasteiger partial charge is 0.203 e. The average molecular weight is 286 g/mol. The van der Waals surface area contributed by atoms with Gasteiger partial charge >= 0.3 is 0 Å². The Labute approximate surface area is 124 Å². The molecule has 0 aliphatic heterocycles. The van der Waals surface area contributed by atoms with Gasteiger partial charge in [-0.2, -0.15) is 0 Å². The molecular formula is C16H30O4. The third kappa shape index (κ3) is 5.29. The van der Waals surface area contributed by atoms with Crippen molar-refractivity contribution in [2.45, 2.75) is 47.8 Å². The molecule has 118 valence electrons. The third-order valence-corrected chi connectivity index (χ3v) is 2.83. The van der Waals surface area contributed by atoms with Crippen molar-refractivity contribution in [3.63, 3.8) is 0 Å². The van der Waals surface area contributed by atoms with Gasteiger partial charge in [-0.3, -0.25) is 0 Å². The normalized spacial score (nSPS) is 10.8. The van der Waals surface area contributed by atoms with Crippen LogP contribution in [0.5, 0.6) is 17.2 Å². The molecular weight excluding hydrogens is 256 g/mol. The van der Waals surface area contributed by atoms with Crippen molar-refractivity contribution in [3.05, 3.63) is 17.7 Å². The molecule has 0 aliphatic rings. The molecule has 0 aromatic heterocycles. The van der Waals surface area contributed by atoms with Gasteiger partial charge in [0, 0.05) is 0 Å². The van der Waals surface area contributed by atoms with Gasteiger partial charge in [0.05, 0.1) is 34.0 Å². The van der Waals surface area contributed by atoms with Gasteiger partial charge in [-0.05, 0) is 31.0 Å². The van der Waals surface area contributed by atoms with Crippen LogP contribution in [0, 0.1) is 0 Å². The number of ether oxygens (including phenoxy) is 4. The summed E-state index contributed by atoms with van der Waals surface area (Å²) in [7, 11) is 4.81. The van der Waals surface area contributed by atoms with Gasteiger partial charge in [0.2, 0.25) is 5.75 Å². The second-order valence-electron chi connectivity index (χ2n) is 4.06. The molecule has 4 heteroatoms. The molecule has 1 atom stereocenters. The number of hydrogen-bond donors (Lipinski definition) is 0. The van der Waals surface area contributed by atoms with E-state index in [2.05, 4.69) is 13.8 Å². The Balaban J connectivity index is 0. The Morgan fingerprint density at radius 1 is 0.950 bits per heavy atom. The zero-order valence-electron chi connectivity index (χ0n) is 11.8. The summed E-state index contributed by atoms with van der Waals surface area (Å²) < 4.78 is 21.6. The van der Waals surface area contributed by atoms with Gasteiger partial charge in [0.1, 0.15) is 0 Å². The molecule has 0 aliphatic carbocycles. The molecule has 1 rings (SSSR count). The summed E-state index contributed by atoms with van der Waals surface area (Å²) in [5, 5.41) is 0. The van der Waals surface area contributed by atoms with E-state index in [0.717, 1.165) is 12.0 Å². The van der Waals surface area contributed by atoms with E-state index < -0.39 is 0 Å². The van der Waals surface area contributed by atoms with Crippen LogP contribution in [0.3, 0.4) is 0 Å². The van der Waals surface area contributed by atoms with Crippen LogP contribution in [0.4, 0.5) is 0 Å². The van der Waals surface area contributed by atoms with Crippen molar-refractivity contribution in [2.24, 2.45) is 0 Å². The van der Waals surface area contributed by atoms with Gasteiger partial charge in [-0.15, -0.1) is 0 Å². The Hall–Kier alpha value is -1.42. The highest BCUT2D eigenvalue weighted by Crippen LogP contribution is 2.38. The van der Waals surface area contributed by atoms with Gasteiger partial charge in [0.25, 0.3) is 0 Å². The molecule has 0 heterocycles. The third-order valence-electron chi connectivity index (χ3n) is 2.83. The SMILES string of the molecule is C.C.CCC(C)OCc1cc(OC)c(OC)c(OC)c1. The van der Waals surface area contributed by atoms with E-state index >= 15 is 0 Å². The molecule has 0 radical (unpaired) electrons. The summed E-state index contributed by atoms with van der Waals surface area (Å²) in [5.41, 5.74) is 1.00. The predicted molar refractivity (Wildman–Crippen MR) is 84.1 cm³/mol. The second kappa shape index (κ2) is 10.4. The first kappa shape index (κ1) is 20.9. The Bertz CT molecular complexity index is 352. The summed E-state index contributed by atoms with van der Waals surface area (Å²) in [6.07, 6.45) is 1.23. The summed E-state index contributed by atoms with van der Waals surface area (Å²) >= 11 is 0. The van der Waals surface area contributed by atoms with Gasteiger partial charge in [-0.1, -0.05) is 21.8 Å². The maximum Gasteiger partial charge on any atom is 0.203 e. The molecule has 0 N–H and O–H groups in total. The maximum absolute atomic E-state index is 5.70. The van der Waals surface area contributed by atoms with Gasteiger partial charge in [0.15, 0.2) is 11.5 Å². The summed E-state index contributed by atoms with van der Waals surface area (Å²) in [5.74, 6) is 1.91. The van der Waals surface area contributed by atoms with Crippen LogP contribution in [0.15, 0.2) is 12.1 Å². The highest BCUT2D eigenvalue weighted by molar-refractivity contribution is 5.53. The Kier molecular flexibility index (Phi) is 10.8. The van der Waals surface area contributed by atoms with Crippen LogP contribution in [0.2, 0.25) is 0 Å². The number of hydrogen-bond acceptors (Lipinski definition) is 4. The second-order valence-corrected chi connectivity index (χ2v) is 4.06. The van der Waals surface area contributed by atoms with Gasteiger partial charge in [-0.25, -0.2) is 0 Å². The minimum atomic E-state index is 0. The standard InChI is InChI=1S/C14H22O4.2CH4/c1-6-10(2)18-9-11-7-12(15-3)14(17-5)13(8-11)16-4;;/h7-8,10H,6,9H2,1-5H3;2*1H4. The van der Waals surface area contributed by atoms with E-state index in [-0.39, 0.29) is 21.0 Å². The lowest BCUT2D eigenvalue weighted by Crippen LogP contribution is -2.06. The molecule has 0 amide bonds. The first-order valence-electron chi connectivity index (χ1n) is 6.06. The lowest BCUT2D eigenvalue weighted by atomic mass is 10.2. The molecule has 1 unspecified atom stereocenters. The molecule has 0 saturated carbocycles. The van der Waals surface area contributed by atoms with Crippen LogP contribution >= 0.6 is 0 Å².